The van der Waals surface area contributed by atoms with Gasteiger partial charge < -0.3 is 0 Å². The lowest BCUT2D eigenvalue weighted by molar-refractivity contribution is -0.120. The quantitative estimate of drug-likeness (QED) is 0.678. The van der Waals surface area contributed by atoms with Crippen molar-refractivity contribution in [1.82, 2.24) is 10.4 Å². The standard InChI is InChI=1S/C14H14BrN3OS/c1-9(12-5-3-4-6-13(12)15)17-18-14(19)7-11-8-20-10(2)16-11/h3-6,8H,7H2,1-2H3,(H,18,19)/b17-9-. The molecular formula is C14H14BrN3OS. The van der Waals surface area contributed by atoms with E-state index < -0.39 is 0 Å². The Balaban J connectivity index is 1.98. The monoisotopic (exact) mass is 351 g/mol. The lowest BCUT2D eigenvalue weighted by Gasteiger charge is -2.04. The molecule has 4 nitrogen and oxygen atoms in total. The van der Waals surface area contributed by atoms with Crippen LogP contribution in [0, 0.1) is 6.92 Å². The Kier molecular flexibility index (Phi) is 5.03. The van der Waals surface area contributed by atoms with Gasteiger partial charge in [0.15, 0.2) is 0 Å². The SMILES string of the molecule is C/C(=N/NC(=O)Cc1csc(C)n1)c1ccccc1Br. The van der Waals surface area contributed by atoms with Crippen LogP contribution in [0.1, 0.15) is 23.2 Å². The molecule has 0 bridgehead atoms. The first kappa shape index (κ1) is 14.9. The first-order valence-corrected chi connectivity index (χ1v) is 7.72. The summed E-state index contributed by atoms with van der Waals surface area (Å²) in [5, 5.41) is 6.97. The van der Waals surface area contributed by atoms with Crippen molar-refractivity contribution in [2.45, 2.75) is 20.3 Å². The fourth-order valence-electron chi connectivity index (χ4n) is 1.65. The average molecular weight is 352 g/mol. The first-order chi connectivity index (χ1) is 9.56. The van der Waals surface area contributed by atoms with E-state index in [2.05, 4.69) is 31.4 Å². The summed E-state index contributed by atoms with van der Waals surface area (Å²) < 4.78 is 0.950. The molecule has 0 spiro atoms. The fraction of sp³-hybridized carbons (Fsp3) is 0.214. The van der Waals surface area contributed by atoms with Gasteiger partial charge in [-0.15, -0.1) is 11.3 Å². The van der Waals surface area contributed by atoms with Gasteiger partial charge >= 0.3 is 0 Å². The van der Waals surface area contributed by atoms with E-state index in [1.165, 1.54) is 11.3 Å². The van der Waals surface area contributed by atoms with Gasteiger partial charge in [-0.25, -0.2) is 10.4 Å². The number of hydrogen-bond donors (Lipinski definition) is 1. The third-order valence-corrected chi connectivity index (χ3v) is 4.13. The molecule has 104 valence electrons. The van der Waals surface area contributed by atoms with Crippen LogP contribution < -0.4 is 5.43 Å². The number of rotatable bonds is 4. The third kappa shape index (κ3) is 3.98. The molecule has 1 amide bonds. The number of hydrogen-bond acceptors (Lipinski definition) is 4. The van der Waals surface area contributed by atoms with Crippen LogP contribution >= 0.6 is 27.3 Å². The number of nitrogens with zero attached hydrogens (tertiary/aromatic N) is 2. The van der Waals surface area contributed by atoms with E-state index in [-0.39, 0.29) is 12.3 Å². The zero-order chi connectivity index (χ0) is 14.5. The number of thiazole rings is 1. The molecular weight excluding hydrogens is 338 g/mol. The van der Waals surface area contributed by atoms with E-state index in [1.54, 1.807) is 0 Å². The van der Waals surface area contributed by atoms with Crippen LogP contribution in [0.3, 0.4) is 0 Å². The summed E-state index contributed by atoms with van der Waals surface area (Å²) in [5.74, 6) is -0.165. The Morgan fingerprint density at radius 3 is 2.85 bits per heavy atom. The van der Waals surface area contributed by atoms with Crippen molar-refractivity contribution in [1.29, 1.82) is 0 Å². The number of aromatic nitrogens is 1. The van der Waals surface area contributed by atoms with E-state index in [0.717, 1.165) is 26.4 Å². The van der Waals surface area contributed by atoms with E-state index >= 15 is 0 Å². The van der Waals surface area contributed by atoms with Crippen LogP contribution in [0.25, 0.3) is 0 Å². The predicted octanol–water partition coefficient (Wildman–Crippen LogP) is 3.30. The molecule has 2 aromatic rings. The molecule has 0 aliphatic carbocycles. The number of benzene rings is 1. The van der Waals surface area contributed by atoms with Gasteiger partial charge in [-0.3, -0.25) is 4.79 Å². The second kappa shape index (κ2) is 6.76. The fourth-order valence-corrected chi connectivity index (χ4v) is 2.84. The van der Waals surface area contributed by atoms with Crippen molar-refractivity contribution in [3.63, 3.8) is 0 Å². The molecule has 6 heteroatoms. The van der Waals surface area contributed by atoms with Crippen molar-refractivity contribution in [2.24, 2.45) is 5.10 Å². The summed E-state index contributed by atoms with van der Waals surface area (Å²) in [6.45, 7) is 3.77. The molecule has 1 heterocycles. The number of carbonyl (C=O) groups excluding carboxylic acids is 1. The zero-order valence-corrected chi connectivity index (χ0v) is 13.6. The lowest BCUT2D eigenvalue weighted by atomic mass is 10.1. The maximum absolute atomic E-state index is 11.8. The normalized spacial score (nSPS) is 11.4. The number of amides is 1. The Morgan fingerprint density at radius 2 is 2.20 bits per heavy atom. The third-order valence-electron chi connectivity index (χ3n) is 2.62. The lowest BCUT2D eigenvalue weighted by Crippen LogP contribution is -2.21. The predicted molar refractivity (Wildman–Crippen MR) is 85.1 cm³/mol. The van der Waals surface area contributed by atoms with Crippen LogP contribution in [-0.4, -0.2) is 16.6 Å². The molecule has 1 aromatic heterocycles. The molecule has 0 atom stereocenters. The Morgan fingerprint density at radius 1 is 1.45 bits per heavy atom. The van der Waals surface area contributed by atoms with Crippen molar-refractivity contribution >= 4 is 38.9 Å². The molecule has 0 aliphatic heterocycles. The van der Waals surface area contributed by atoms with Gasteiger partial charge in [0.25, 0.3) is 0 Å². The van der Waals surface area contributed by atoms with Crippen LogP contribution in [0.5, 0.6) is 0 Å². The summed E-state index contributed by atoms with van der Waals surface area (Å²) in [5.41, 5.74) is 5.04. The van der Waals surface area contributed by atoms with Crippen LogP contribution in [0.15, 0.2) is 39.2 Å². The smallest absolute Gasteiger partial charge is 0.246 e. The minimum atomic E-state index is -0.165. The molecule has 0 radical (unpaired) electrons. The number of hydrazone groups is 1. The van der Waals surface area contributed by atoms with Gasteiger partial charge in [0.2, 0.25) is 5.91 Å². The maximum Gasteiger partial charge on any atom is 0.246 e. The number of carbonyl (C=O) groups is 1. The highest BCUT2D eigenvalue weighted by molar-refractivity contribution is 9.10. The average Bonchev–Trinajstić information content (AvgIpc) is 2.82. The second-order valence-electron chi connectivity index (χ2n) is 4.25. The van der Waals surface area contributed by atoms with Crippen LogP contribution in [0.2, 0.25) is 0 Å². The summed E-state index contributed by atoms with van der Waals surface area (Å²) in [4.78, 5) is 16.0. The van der Waals surface area contributed by atoms with Gasteiger partial charge in [-0.2, -0.15) is 5.10 Å². The highest BCUT2D eigenvalue weighted by Crippen LogP contribution is 2.16. The van der Waals surface area contributed by atoms with Crippen molar-refractivity contribution < 1.29 is 4.79 Å². The van der Waals surface area contributed by atoms with Crippen molar-refractivity contribution in [2.75, 3.05) is 0 Å². The van der Waals surface area contributed by atoms with E-state index in [9.17, 15) is 4.79 Å². The molecule has 0 saturated carbocycles. The Bertz CT molecular complexity index is 651. The van der Waals surface area contributed by atoms with Gasteiger partial charge in [-0.1, -0.05) is 34.1 Å². The molecule has 1 aromatic carbocycles. The summed E-state index contributed by atoms with van der Waals surface area (Å²) >= 11 is 4.99. The van der Waals surface area contributed by atoms with Crippen molar-refractivity contribution in [3.05, 3.63) is 50.4 Å². The number of halogens is 1. The maximum atomic E-state index is 11.8. The largest absolute Gasteiger partial charge is 0.273 e. The molecule has 1 N–H and O–H groups in total. The van der Waals surface area contributed by atoms with Gasteiger partial charge in [0.05, 0.1) is 22.8 Å². The molecule has 0 fully saturated rings. The molecule has 0 unspecified atom stereocenters. The zero-order valence-electron chi connectivity index (χ0n) is 11.2. The highest BCUT2D eigenvalue weighted by atomic mass is 79.9. The Labute approximate surface area is 130 Å². The van der Waals surface area contributed by atoms with Crippen LogP contribution in [-0.2, 0) is 11.2 Å². The molecule has 0 aliphatic rings. The summed E-state index contributed by atoms with van der Waals surface area (Å²) in [6, 6.07) is 7.75. The van der Waals surface area contributed by atoms with Gasteiger partial charge in [0.1, 0.15) is 0 Å². The first-order valence-electron chi connectivity index (χ1n) is 6.05. The molecule has 0 saturated heterocycles. The van der Waals surface area contributed by atoms with Gasteiger partial charge in [-0.05, 0) is 19.9 Å². The second-order valence-corrected chi connectivity index (χ2v) is 6.16. The van der Waals surface area contributed by atoms with E-state index in [4.69, 9.17) is 0 Å². The van der Waals surface area contributed by atoms with Crippen LogP contribution in [0.4, 0.5) is 0 Å². The topological polar surface area (TPSA) is 54.4 Å². The van der Waals surface area contributed by atoms with Gasteiger partial charge in [0, 0.05) is 15.4 Å². The highest BCUT2D eigenvalue weighted by Gasteiger charge is 2.07. The van der Waals surface area contributed by atoms with E-state index in [0.29, 0.717) is 0 Å². The van der Waals surface area contributed by atoms with Crippen molar-refractivity contribution in [3.8, 4) is 0 Å². The summed E-state index contributed by atoms with van der Waals surface area (Å²) in [6.07, 6.45) is 0.247. The summed E-state index contributed by atoms with van der Waals surface area (Å²) in [7, 11) is 0. The molecule has 20 heavy (non-hydrogen) atoms. The molecule has 2 rings (SSSR count). The number of aryl methyl sites for hydroxylation is 1. The minimum Gasteiger partial charge on any atom is -0.273 e. The minimum absolute atomic E-state index is 0.165. The van der Waals surface area contributed by atoms with E-state index in [1.807, 2.05) is 43.5 Å². The number of nitrogens with one attached hydrogen (secondary N) is 1. The Hall–Kier alpha value is -1.53.